The highest BCUT2D eigenvalue weighted by molar-refractivity contribution is 8.00. The van der Waals surface area contributed by atoms with Crippen molar-refractivity contribution in [2.45, 2.75) is 24.3 Å². The molecule has 9 heteroatoms. The largest absolute Gasteiger partial charge is 0.316 e. The van der Waals surface area contributed by atoms with E-state index in [1.807, 2.05) is 31.2 Å². The number of nitriles is 1. The van der Waals surface area contributed by atoms with Crippen molar-refractivity contribution in [2.24, 2.45) is 0 Å². The molecule has 1 N–H and O–H groups in total. The average molecular weight is 370 g/mol. The molecule has 0 aliphatic rings. The summed E-state index contributed by atoms with van der Waals surface area (Å²) in [6.07, 6.45) is 0. The molecular formula is C16H14N6OS2. The first kappa shape index (κ1) is 17.1. The lowest BCUT2D eigenvalue weighted by atomic mass is 10.2. The molecule has 0 fully saturated rings. The van der Waals surface area contributed by atoms with Crippen molar-refractivity contribution < 1.29 is 4.79 Å². The summed E-state index contributed by atoms with van der Waals surface area (Å²) in [5.41, 5.74) is 2.39. The van der Waals surface area contributed by atoms with Crippen LogP contribution in [0, 0.1) is 18.3 Å². The maximum atomic E-state index is 12.4. The second kappa shape index (κ2) is 7.46. The second-order valence-corrected chi connectivity index (χ2v) is 7.46. The highest BCUT2D eigenvalue weighted by atomic mass is 32.2. The molecule has 1 amide bonds. The van der Waals surface area contributed by atoms with Gasteiger partial charge in [0.15, 0.2) is 0 Å². The summed E-state index contributed by atoms with van der Waals surface area (Å²) in [4.78, 5) is 12.4. The number of anilines is 1. The molecule has 2 aromatic heterocycles. The fraction of sp³-hybridized carbons (Fsp3) is 0.188. The van der Waals surface area contributed by atoms with Gasteiger partial charge in [0.1, 0.15) is 11.1 Å². The molecule has 0 bridgehead atoms. The maximum Gasteiger partial charge on any atom is 0.238 e. The van der Waals surface area contributed by atoms with Gasteiger partial charge >= 0.3 is 0 Å². The number of aryl methyl sites for hydroxylation is 1. The number of hydrogen-bond donors (Lipinski definition) is 1. The van der Waals surface area contributed by atoms with Gasteiger partial charge < -0.3 is 5.32 Å². The first-order chi connectivity index (χ1) is 12.1. The number of thioether (sulfide) groups is 1. The van der Waals surface area contributed by atoms with Crippen LogP contribution in [0.2, 0.25) is 0 Å². The van der Waals surface area contributed by atoms with Gasteiger partial charge in [-0.3, -0.25) is 4.79 Å². The van der Waals surface area contributed by atoms with E-state index in [9.17, 15) is 4.79 Å². The van der Waals surface area contributed by atoms with Gasteiger partial charge in [-0.25, -0.2) is 0 Å². The van der Waals surface area contributed by atoms with E-state index in [2.05, 4.69) is 26.9 Å². The minimum absolute atomic E-state index is 0.206. The Morgan fingerprint density at radius 1 is 1.44 bits per heavy atom. The van der Waals surface area contributed by atoms with E-state index in [4.69, 9.17) is 5.26 Å². The Balaban J connectivity index is 1.74. The van der Waals surface area contributed by atoms with E-state index in [0.717, 1.165) is 11.3 Å². The zero-order chi connectivity index (χ0) is 17.8. The SMILES string of the molecule is Cc1cccc(-n2nnnc2SC(C)C(=O)Nc2sccc2C#N)c1. The number of carbonyl (C=O) groups is 1. The van der Waals surface area contributed by atoms with Crippen LogP contribution in [0.4, 0.5) is 5.00 Å². The van der Waals surface area contributed by atoms with Crippen LogP contribution in [0.5, 0.6) is 0 Å². The van der Waals surface area contributed by atoms with Crippen molar-refractivity contribution in [1.29, 1.82) is 5.26 Å². The van der Waals surface area contributed by atoms with Crippen LogP contribution in [0.3, 0.4) is 0 Å². The third kappa shape index (κ3) is 3.87. The third-order valence-corrected chi connectivity index (χ3v) is 5.22. The lowest BCUT2D eigenvalue weighted by Crippen LogP contribution is -2.22. The van der Waals surface area contributed by atoms with Gasteiger partial charge in [-0.05, 0) is 53.4 Å². The summed E-state index contributed by atoms with van der Waals surface area (Å²) in [5, 5.41) is 26.0. The Hall–Kier alpha value is -2.70. The quantitative estimate of drug-likeness (QED) is 0.694. The third-order valence-electron chi connectivity index (χ3n) is 3.36. The Kier molecular flexibility index (Phi) is 5.11. The molecule has 0 saturated carbocycles. The van der Waals surface area contributed by atoms with E-state index in [-0.39, 0.29) is 5.91 Å². The number of nitrogens with zero attached hydrogens (tertiary/aromatic N) is 5. The standard InChI is InChI=1S/C16H14N6OS2/c1-10-4-3-5-13(8-10)22-16(19-20-21-22)25-11(2)14(23)18-15-12(9-17)6-7-24-15/h3-8,11H,1-2H3,(H,18,23). The van der Waals surface area contributed by atoms with Gasteiger partial charge in [0.25, 0.3) is 0 Å². The van der Waals surface area contributed by atoms with Crippen LogP contribution in [-0.4, -0.2) is 31.4 Å². The zero-order valence-electron chi connectivity index (χ0n) is 13.5. The lowest BCUT2D eigenvalue weighted by molar-refractivity contribution is -0.115. The number of amides is 1. The predicted molar refractivity (Wildman–Crippen MR) is 96.9 cm³/mol. The van der Waals surface area contributed by atoms with Crippen molar-refractivity contribution in [3.8, 4) is 11.8 Å². The van der Waals surface area contributed by atoms with Crippen LogP contribution < -0.4 is 5.32 Å². The Labute approximate surface area is 152 Å². The molecule has 7 nitrogen and oxygen atoms in total. The zero-order valence-corrected chi connectivity index (χ0v) is 15.1. The smallest absolute Gasteiger partial charge is 0.238 e. The number of benzene rings is 1. The van der Waals surface area contributed by atoms with Crippen LogP contribution in [0.1, 0.15) is 18.1 Å². The topological polar surface area (TPSA) is 96.5 Å². The fourth-order valence-electron chi connectivity index (χ4n) is 2.09. The molecule has 0 radical (unpaired) electrons. The summed E-state index contributed by atoms with van der Waals surface area (Å²) in [7, 11) is 0. The number of rotatable bonds is 5. The van der Waals surface area contributed by atoms with Gasteiger partial charge in [-0.15, -0.1) is 16.4 Å². The molecule has 3 rings (SSSR count). The number of aromatic nitrogens is 4. The lowest BCUT2D eigenvalue weighted by Gasteiger charge is -2.11. The van der Waals surface area contributed by atoms with Crippen LogP contribution in [0.15, 0.2) is 40.9 Å². The molecule has 0 aliphatic carbocycles. The molecule has 1 aromatic carbocycles. The summed E-state index contributed by atoms with van der Waals surface area (Å²) in [5.74, 6) is -0.206. The summed E-state index contributed by atoms with van der Waals surface area (Å²) < 4.78 is 1.60. The monoisotopic (exact) mass is 370 g/mol. The second-order valence-electron chi connectivity index (χ2n) is 5.24. The number of tetrazole rings is 1. The van der Waals surface area contributed by atoms with Gasteiger partial charge in [0.2, 0.25) is 11.1 Å². The normalized spacial score (nSPS) is 11.7. The van der Waals surface area contributed by atoms with Crippen LogP contribution >= 0.6 is 23.1 Å². The molecule has 0 aliphatic heterocycles. The molecule has 3 aromatic rings. The van der Waals surface area contributed by atoms with Crippen LogP contribution in [0.25, 0.3) is 5.69 Å². The van der Waals surface area contributed by atoms with E-state index in [1.165, 1.54) is 23.1 Å². The first-order valence-electron chi connectivity index (χ1n) is 7.39. The van der Waals surface area contributed by atoms with Gasteiger partial charge in [0.05, 0.1) is 16.5 Å². The van der Waals surface area contributed by atoms with Gasteiger partial charge in [-0.2, -0.15) is 9.94 Å². The molecule has 1 atom stereocenters. The summed E-state index contributed by atoms with van der Waals surface area (Å²) in [6, 6.07) is 11.5. The van der Waals surface area contributed by atoms with Gasteiger partial charge in [-0.1, -0.05) is 23.9 Å². The Bertz CT molecular complexity index is 942. The maximum absolute atomic E-state index is 12.4. The number of hydrogen-bond acceptors (Lipinski definition) is 7. The van der Waals surface area contributed by atoms with E-state index >= 15 is 0 Å². The van der Waals surface area contributed by atoms with Crippen molar-refractivity contribution in [3.63, 3.8) is 0 Å². The summed E-state index contributed by atoms with van der Waals surface area (Å²) in [6.45, 7) is 3.76. The highest BCUT2D eigenvalue weighted by Crippen LogP contribution is 2.26. The Morgan fingerprint density at radius 3 is 3.04 bits per heavy atom. The first-order valence-corrected chi connectivity index (χ1v) is 9.15. The highest BCUT2D eigenvalue weighted by Gasteiger charge is 2.20. The minimum Gasteiger partial charge on any atom is -0.316 e. The Morgan fingerprint density at radius 2 is 2.28 bits per heavy atom. The molecule has 0 spiro atoms. The van der Waals surface area contributed by atoms with Crippen molar-refractivity contribution in [3.05, 3.63) is 46.8 Å². The minimum atomic E-state index is -0.428. The van der Waals surface area contributed by atoms with Crippen molar-refractivity contribution >= 4 is 34.0 Å². The van der Waals surface area contributed by atoms with Gasteiger partial charge in [0, 0.05) is 0 Å². The fourth-order valence-corrected chi connectivity index (χ4v) is 3.64. The molecule has 1 unspecified atom stereocenters. The molecule has 126 valence electrons. The van der Waals surface area contributed by atoms with Crippen molar-refractivity contribution in [1.82, 2.24) is 20.2 Å². The molecule has 0 saturated heterocycles. The molecular weight excluding hydrogens is 356 g/mol. The average Bonchev–Trinajstić information content (AvgIpc) is 3.23. The number of nitrogens with one attached hydrogen (secondary N) is 1. The predicted octanol–water partition coefficient (Wildman–Crippen LogP) is 3.02. The number of thiophene rings is 1. The van der Waals surface area contributed by atoms with E-state index < -0.39 is 5.25 Å². The van der Waals surface area contributed by atoms with E-state index in [0.29, 0.717) is 15.7 Å². The number of carbonyl (C=O) groups excluding carboxylic acids is 1. The molecule has 25 heavy (non-hydrogen) atoms. The van der Waals surface area contributed by atoms with Crippen LogP contribution in [-0.2, 0) is 4.79 Å². The molecule has 2 heterocycles. The van der Waals surface area contributed by atoms with E-state index in [1.54, 1.807) is 23.1 Å². The van der Waals surface area contributed by atoms with Crippen molar-refractivity contribution in [2.75, 3.05) is 5.32 Å². The summed E-state index contributed by atoms with van der Waals surface area (Å²) >= 11 is 2.58.